The number of anilines is 1. The van der Waals surface area contributed by atoms with E-state index in [1.165, 1.54) is 6.92 Å². The van der Waals surface area contributed by atoms with Gasteiger partial charge in [-0.15, -0.1) is 0 Å². The Morgan fingerprint density at radius 2 is 1.93 bits per heavy atom. The molecule has 0 spiro atoms. The number of nitrogens with zero attached hydrogens (tertiary/aromatic N) is 1. The van der Waals surface area contributed by atoms with Gasteiger partial charge >= 0.3 is 0 Å². The molecule has 2 heterocycles. The third-order valence-corrected chi connectivity index (χ3v) is 6.68. The Labute approximate surface area is 164 Å². The van der Waals surface area contributed by atoms with Gasteiger partial charge in [-0.2, -0.15) is 0 Å². The van der Waals surface area contributed by atoms with Crippen LogP contribution in [0, 0.1) is 0 Å². The zero-order valence-electron chi connectivity index (χ0n) is 15.9. The Morgan fingerprint density at radius 3 is 2.68 bits per heavy atom. The van der Waals surface area contributed by atoms with Crippen LogP contribution >= 0.6 is 0 Å². The summed E-state index contributed by atoms with van der Waals surface area (Å²) in [7, 11) is -3.72. The predicted octanol–water partition coefficient (Wildman–Crippen LogP) is 2.75. The summed E-state index contributed by atoms with van der Waals surface area (Å²) in [5.74, 6) is 1.22. The standard InChI is InChI=1S/C20H22N2O5S/c1-12-8-16-9-17(5-6-18(16)22(12)14(3)23)28(24,25)21-13(2)15-4-7-19-20(10-15)27-11-26-19/h4-7,9-10,12-13,21H,8,11H2,1-3H3. The topological polar surface area (TPSA) is 84.9 Å². The van der Waals surface area contributed by atoms with Crippen molar-refractivity contribution in [3.8, 4) is 11.5 Å². The SMILES string of the molecule is CC(=O)N1c2ccc(S(=O)(=O)NC(C)c3ccc4c(c3)OCO4)cc2CC1C. The number of fused-ring (bicyclic) bond motifs is 2. The third-order valence-electron chi connectivity index (χ3n) is 5.14. The molecular weight excluding hydrogens is 380 g/mol. The molecule has 8 heteroatoms. The van der Waals surface area contributed by atoms with Crippen LogP contribution in [0.15, 0.2) is 41.3 Å². The summed E-state index contributed by atoms with van der Waals surface area (Å²) in [4.78, 5) is 13.8. The number of carbonyl (C=O) groups excluding carboxylic acids is 1. The molecule has 148 valence electrons. The maximum atomic E-state index is 12.9. The van der Waals surface area contributed by atoms with E-state index in [1.54, 1.807) is 42.2 Å². The monoisotopic (exact) mass is 402 g/mol. The van der Waals surface area contributed by atoms with E-state index in [0.29, 0.717) is 17.9 Å². The average molecular weight is 402 g/mol. The van der Waals surface area contributed by atoms with Gasteiger partial charge in [0, 0.05) is 24.7 Å². The Kier molecular flexibility index (Phi) is 4.55. The number of benzene rings is 2. The number of hydrogen-bond acceptors (Lipinski definition) is 5. The first kappa shape index (κ1) is 18.8. The molecule has 0 aliphatic carbocycles. The van der Waals surface area contributed by atoms with Gasteiger partial charge in [-0.3, -0.25) is 4.79 Å². The first-order valence-electron chi connectivity index (χ1n) is 9.11. The lowest BCUT2D eigenvalue weighted by Crippen LogP contribution is -2.33. The van der Waals surface area contributed by atoms with Gasteiger partial charge < -0.3 is 14.4 Å². The molecule has 0 bridgehead atoms. The van der Waals surface area contributed by atoms with Crippen LogP contribution in [-0.2, 0) is 21.2 Å². The molecule has 0 fully saturated rings. The highest BCUT2D eigenvalue weighted by atomic mass is 32.2. The largest absolute Gasteiger partial charge is 0.454 e. The van der Waals surface area contributed by atoms with Crippen molar-refractivity contribution in [1.82, 2.24) is 4.72 Å². The number of hydrogen-bond donors (Lipinski definition) is 1. The molecule has 1 N–H and O–H groups in total. The summed E-state index contributed by atoms with van der Waals surface area (Å²) in [6.45, 7) is 5.42. The van der Waals surface area contributed by atoms with Crippen LogP contribution in [0.1, 0.15) is 37.9 Å². The Morgan fingerprint density at radius 1 is 1.18 bits per heavy atom. The van der Waals surface area contributed by atoms with Gasteiger partial charge in [0.25, 0.3) is 0 Å². The van der Waals surface area contributed by atoms with Crippen LogP contribution in [0.25, 0.3) is 0 Å². The molecule has 0 saturated carbocycles. The second-order valence-electron chi connectivity index (χ2n) is 7.19. The molecular formula is C20H22N2O5S. The molecule has 2 aromatic rings. The molecule has 2 aliphatic rings. The van der Waals surface area contributed by atoms with Crippen molar-refractivity contribution >= 4 is 21.6 Å². The highest BCUT2D eigenvalue weighted by Gasteiger charge is 2.30. The van der Waals surface area contributed by atoms with Gasteiger partial charge in [0.15, 0.2) is 11.5 Å². The van der Waals surface area contributed by atoms with Crippen molar-refractivity contribution in [2.45, 2.75) is 44.2 Å². The summed E-state index contributed by atoms with van der Waals surface area (Å²) < 4.78 is 39.2. The number of sulfonamides is 1. The number of ether oxygens (including phenoxy) is 2. The van der Waals surface area contributed by atoms with E-state index in [-0.39, 0.29) is 23.6 Å². The Bertz CT molecular complexity index is 1050. The van der Waals surface area contributed by atoms with Crippen LogP contribution in [0.5, 0.6) is 11.5 Å². The van der Waals surface area contributed by atoms with Crippen LogP contribution < -0.4 is 19.1 Å². The van der Waals surface area contributed by atoms with Gasteiger partial charge in [0.1, 0.15) is 0 Å². The minimum Gasteiger partial charge on any atom is -0.454 e. The summed E-state index contributed by atoms with van der Waals surface area (Å²) in [5.41, 5.74) is 2.43. The first-order valence-corrected chi connectivity index (χ1v) is 10.6. The van der Waals surface area contributed by atoms with Gasteiger partial charge in [0.05, 0.1) is 4.90 Å². The molecule has 2 atom stereocenters. The lowest BCUT2D eigenvalue weighted by atomic mass is 10.1. The molecule has 0 saturated heterocycles. The van der Waals surface area contributed by atoms with E-state index >= 15 is 0 Å². The van der Waals surface area contributed by atoms with E-state index in [2.05, 4.69) is 4.72 Å². The van der Waals surface area contributed by atoms with Crippen LogP contribution in [-0.4, -0.2) is 27.2 Å². The highest BCUT2D eigenvalue weighted by Crippen LogP contribution is 2.36. The van der Waals surface area contributed by atoms with Crippen LogP contribution in [0.3, 0.4) is 0 Å². The van der Waals surface area contributed by atoms with Gasteiger partial charge in [-0.05, 0) is 61.7 Å². The molecule has 2 unspecified atom stereocenters. The summed E-state index contributed by atoms with van der Waals surface area (Å²) >= 11 is 0. The molecule has 0 aromatic heterocycles. The molecule has 2 aliphatic heterocycles. The van der Waals surface area contributed by atoms with Gasteiger partial charge in [-0.25, -0.2) is 13.1 Å². The van der Waals surface area contributed by atoms with Crippen LogP contribution in [0.2, 0.25) is 0 Å². The van der Waals surface area contributed by atoms with Crippen molar-refractivity contribution in [3.63, 3.8) is 0 Å². The van der Waals surface area contributed by atoms with Crippen molar-refractivity contribution < 1.29 is 22.7 Å². The van der Waals surface area contributed by atoms with E-state index in [4.69, 9.17) is 9.47 Å². The third kappa shape index (κ3) is 3.22. The second kappa shape index (κ2) is 6.79. The quantitative estimate of drug-likeness (QED) is 0.850. The summed E-state index contributed by atoms with van der Waals surface area (Å²) in [6.07, 6.45) is 0.635. The normalized spacial score (nSPS) is 18.8. The minimum absolute atomic E-state index is 0.0194. The maximum absolute atomic E-state index is 12.9. The van der Waals surface area contributed by atoms with E-state index in [1.807, 2.05) is 13.0 Å². The number of rotatable bonds is 4. The first-order chi connectivity index (χ1) is 13.3. The zero-order chi connectivity index (χ0) is 20.1. The second-order valence-corrected chi connectivity index (χ2v) is 8.90. The van der Waals surface area contributed by atoms with Gasteiger partial charge in [0.2, 0.25) is 22.7 Å². The summed E-state index contributed by atoms with van der Waals surface area (Å²) in [5, 5.41) is 0. The molecule has 0 radical (unpaired) electrons. The number of nitrogens with one attached hydrogen (secondary N) is 1. The lowest BCUT2D eigenvalue weighted by Gasteiger charge is -2.20. The van der Waals surface area contributed by atoms with Gasteiger partial charge in [-0.1, -0.05) is 6.07 Å². The zero-order valence-corrected chi connectivity index (χ0v) is 16.7. The Hall–Kier alpha value is -2.58. The highest BCUT2D eigenvalue weighted by molar-refractivity contribution is 7.89. The smallest absolute Gasteiger partial charge is 0.241 e. The Balaban J connectivity index is 1.57. The van der Waals surface area contributed by atoms with Crippen molar-refractivity contribution in [3.05, 3.63) is 47.5 Å². The van der Waals surface area contributed by atoms with E-state index in [0.717, 1.165) is 16.8 Å². The molecule has 2 aromatic carbocycles. The van der Waals surface area contributed by atoms with E-state index in [9.17, 15) is 13.2 Å². The average Bonchev–Trinajstić information content (AvgIpc) is 3.22. The fourth-order valence-corrected chi connectivity index (χ4v) is 5.09. The van der Waals surface area contributed by atoms with Crippen molar-refractivity contribution in [2.75, 3.05) is 11.7 Å². The van der Waals surface area contributed by atoms with Crippen molar-refractivity contribution in [2.24, 2.45) is 0 Å². The molecule has 1 amide bonds. The lowest BCUT2D eigenvalue weighted by molar-refractivity contribution is -0.116. The van der Waals surface area contributed by atoms with Crippen molar-refractivity contribution in [1.29, 1.82) is 0 Å². The predicted molar refractivity (Wildman–Crippen MR) is 104 cm³/mol. The fourth-order valence-electron chi connectivity index (χ4n) is 3.81. The molecule has 28 heavy (non-hydrogen) atoms. The minimum atomic E-state index is -3.72. The maximum Gasteiger partial charge on any atom is 0.241 e. The molecule has 4 rings (SSSR count). The fraction of sp³-hybridized carbons (Fsp3) is 0.350. The molecule has 7 nitrogen and oxygen atoms in total. The number of carbonyl (C=O) groups is 1. The summed E-state index contributed by atoms with van der Waals surface area (Å²) in [6, 6.07) is 9.85. The van der Waals surface area contributed by atoms with Crippen LogP contribution in [0.4, 0.5) is 5.69 Å². The number of amides is 1. The van der Waals surface area contributed by atoms with E-state index < -0.39 is 16.1 Å².